The summed E-state index contributed by atoms with van der Waals surface area (Å²) in [6, 6.07) is 9.25. The average Bonchev–Trinajstić information content (AvgIpc) is 2.79. The summed E-state index contributed by atoms with van der Waals surface area (Å²) >= 11 is 0. The Morgan fingerprint density at radius 3 is 2.77 bits per heavy atom. The molecule has 2 atom stereocenters. The highest BCUT2D eigenvalue weighted by molar-refractivity contribution is 6.01. The average molecular weight is 304 g/mol. The Balaban J connectivity index is 1.89. The summed E-state index contributed by atoms with van der Waals surface area (Å²) in [5, 5.41) is 2.85. The number of nitrogens with zero attached hydrogens (tertiary/aromatic N) is 1. The number of rotatable bonds is 7. The minimum Gasteiger partial charge on any atom is -0.382 e. The van der Waals surface area contributed by atoms with Crippen molar-refractivity contribution in [3.63, 3.8) is 0 Å². The van der Waals surface area contributed by atoms with Gasteiger partial charge in [-0.1, -0.05) is 18.2 Å². The van der Waals surface area contributed by atoms with Crippen LogP contribution in [0.4, 0.5) is 5.69 Å². The van der Waals surface area contributed by atoms with E-state index in [1.807, 2.05) is 44.2 Å². The van der Waals surface area contributed by atoms with E-state index in [2.05, 4.69) is 5.32 Å². The molecule has 22 heavy (non-hydrogen) atoms. The van der Waals surface area contributed by atoms with Crippen LogP contribution in [-0.2, 0) is 14.3 Å². The zero-order valence-corrected chi connectivity index (χ0v) is 13.2. The Hall–Kier alpha value is -1.88. The second-order valence-electron chi connectivity index (χ2n) is 5.55. The fourth-order valence-corrected chi connectivity index (χ4v) is 2.77. The number of hydrogen-bond acceptors (Lipinski definition) is 3. The van der Waals surface area contributed by atoms with Crippen LogP contribution in [0.15, 0.2) is 30.3 Å². The van der Waals surface area contributed by atoms with Gasteiger partial charge in [0.25, 0.3) is 0 Å². The normalized spacial score (nSPS) is 21.2. The van der Waals surface area contributed by atoms with E-state index in [4.69, 9.17) is 4.74 Å². The third-order valence-electron chi connectivity index (χ3n) is 3.82. The highest BCUT2D eigenvalue weighted by Gasteiger charge is 2.38. The van der Waals surface area contributed by atoms with Crippen LogP contribution in [0.1, 0.15) is 33.1 Å². The number of carbonyl (C=O) groups is 2. The van der Waals surface area contributed by atoms with Gasteiger partial charge in [0.2, 0.25) is 11.8 Å². The summed E-state index contributed by atoms with van der Waals surface area (Å²) < 4.78 is 5.21. The molecule has 1 aromatic rings. The third-order valence-corrected chi connectivity index (χ3v) is 3.82. The van der Waals surface area contributed by atoms with Crippen LogP contribution in [0.3, 0.4) is 0 Å². The van der Waals surface area contributed by atoms with Gasteiger partial charge in [-0.25, -0.2) is 0 Å². The standard InChI is InChI=1S/C17H24N2O3/c1-3-22-11-7-10-16(20)18-15-12-13(2)19(17(15)21)14-8-5-4-6-9-14/h4-6,8-9,13,15H,3,7,10-12H2,1-2H3,(H,18,20)/t13-,15-/m1/s1. The minimum absolute atomic E-state index is 0.0307. The molecule has 1 heterocycles. The Kier molecular flexibility index (Phi) is 5.95. The van der Waals surface area contributed by atoms with E-state index in [0.717, 1.165) is 5.69 Å². The first-order valence-corrected chi connectivity index (χ1v) is 7.88. The van der Waals surface area contributed by atoms with Crippen molar-refractivity contribution < 1.29 is 14.3 Å². The molecule has 5 heteroatoms. The number of carbonyl (C=O) groups excluding carboxylic acids is 2. The Morgan fingerprint density at radius 2 is 2.09 bits per heavy atom. The molecule has 120 valence electrons. The maximum Gasteiger partial charge on any atom is 0.249 e. The molecule has 1 N–H and O–H groups in total. The van der Waals surface area contributed by atoms with Gasteiger partial charge in [0.15, 0.2) is 0 Å². The van der Waals surface area contributed by atoms with Crippen molar-refractivity contribution in [2.24, 2.45) is 0 Å². The summed E-state index contributed by atoms with van der Waals surface area (Å²) in [4.78, 5) is 26.2. The van der Waals surface area contributed by atoms with Gasteiger partial charge in [-0.05, 0) is 38.8 Å². The zero-order valence-electron chi connectivity index (χ0n) is 13.2. The number of amides is 2. The number of benzene rings is 1. The molecule has 0 aliphatic carbocycles. The molecule has 0 spiro atoms. The van der Waals surface area contributed by atoms with Gasteiger partial charge < -0.3 is 15.0 Å². The summed E-state index contributed by atoms with van der Waals surface area (Å²) in [6.07, 6.45) is 1.72. The topological polar surface area (TPSA) is 58.6 Å². The number of anilines is 1. The quantitative estimate of drug-likeness (QED) is 0.785. The van der Waals surface area contributed by atoms with E-state index in [9.17, 15) is 9.59 Å². The Morgan fingerprint density at radius 1 is 1.36 bits per heavy atom. The van der Waals surface area contributed by atoms with Gasteiger partial charge >= 0.3 is 0 Å². The van der Waals surface area contributed by atoms with Gasteiger partial charge in [-0.2, -0.15) is 0 Å². The summed E-state index contributed by atoms with van der Waals surface area (Å²) in [5.74, 6) is -0.114. The molecule has 0 aromatic heterocycles. The van der Waals surface area contributed by atoms with Gasteiger partial charge in [-0.15, -0.1) is 0 Å². The molecule has 1 saturated heterocycles. The fourth-order valence-electron chi connectivity index (χ4n) is 2.77. The molecule has 1 aliphatic rings. The Bertz CT molecular complexity index is 504. The van der Waals surface area contributed by atoms with Crippen molar-refractivity contribution in [3.8, 4) is 0 Å². The van der Waals surface area contributed by atoms with Crippen molar-refractivity contribution in [3.05, 3.63) is 30.3 Å². The van der Waals surface area contributed by atoms with Crippen LogP contribution >= 0.6 is 0 Å². The van der Waals surface area contributed by atoms with Crippen molar-refractivity contribution in [2.45, 2.75) is 45.2 Å². The largest absolute Gasteiger partial charge is 0.382 e. The molecule has 2 rings (SSSR count). The first-order valence-electron chi connectivity index (χ1n) is 7.88. The molecule has 1 aromatic carbocycles. The smallest absolute Gasteiger partial charge is 0.249 e. The van der Waals surface area contributed by atoms with Crippen LogP contribution in [0, 0.1) is 0 Å². The maximum atomic E-state index is 12.5. The highest BCUT2D eigenvalue weighted by Crippen LogP contribution is 2.26. The summed E-state index contributed by atoms with van der Waals surface area (Å²) in [5.41, 5.74) is 0.882. The predicted molar refractivity (Wildman–Crippen MR) is 85.7 cm³/mol. The Labute approximate surface area is 131 Å². The second-order valence-corrected chi connectivity index (χ2v) is 5.55. The maximum absolute atomic E-state index is 12.5. The highest BCUT2D eigenvalue weighted by atomic mass is 16.5. The van der Waals surface area contributed by atoms with E-state index in [0.29, 0.717) is 32.5 Å². The van der Waals surface area contributed by atoms with Gasteiger partial charge in [0.05, 0.1) is 0 Å². The van der Waals surface area contributed by atoms with E-state index in [-0.39, 0.29) is 17.9 Å². The number of nitrogens with one attached hydrogen (secondary N) is 1. The molecule has 1 fully saturated rings. The van der Waals surface area contributed by atoms with E-state index in [1.54, 1.807) is 4.90 Å². The number of ether oxygens (including phenoxy) is 1. The lowest BCUT2D eigenvalue weighted by Crippen LogP contribution is -2.41. The minimum atomic E-state index is -0.421. The fraction of sp³-hybridized carbons (Fsp3) is 0.529. The lowest BCUT2D eigenvalue weighted by Gasteiger charge is -2.21. The van der Waals surface area contributed by atoms with Gasteiger partial charge in [-0.3, -0.25) is 9.59 Å². The number of hydrogen-bond donors (Lipinski definition) is 1. The summed E-state index contributed by atoms with van der Waals surface area (Å²) in [6.45, 7) is 5.17. The molecule has 5 nitrogen and oxygen atoms in total. The molecule has 0 radical (unpaired) electrons. The van der Waals surface area contributed by atoms with Crippen LogP contribution in [0.2, 0.25) is 0 Å². The van der Waals surface area contributed by atoms with Crippen LogP contribution in [-0.4, -0.2) is 37.1 Å². The molecule has 2 amide bonds. The first-order chi connectivity index (χ1) is 10.6. The first kappa shape index (κ1) is 16.5. The SMILES string of the molecule is CCOCCCC(=O)N[C@@H]1C[C@@H](C)N(c2ccccc2)C1=O. The number of para-hydroxylation sites is 1. The zero-order chi connectivity index (χ0) is 15.9. The van der Waals surface area contributed by atoms with E-state index >= 15 is 0 Å². The van der Waals surface area contributed by atoms with Crippen LogP contribution < -0.4 is 10.2 Å². The van der Waals surface area contributed by atoms with Crippen molar-refractivity contribution >= 4 is 17.5 Å². The van der Waals surface area contributed by atoms with Crippen molar-refractivity contribution in [1.29, 1.82) is 0 Å². The molecular weight excluding hydrogens is 280 g/mol. The molecule has 0 saturated carbocycles. The third kappa shape index (κ3) is 4.07. The molecule has 0 unspecified atom stereocenters. The summed E-state index contributed by atoms with van der Waals surface area (Å²) in [7, 11) is 0. The predicted octanol–water partition coefficient (Wildman–Crippen LogP) is 2.11. The van der Waals surface area contributed by atoms with Gasteiger partial charge in [0.1, 0.15) is 6.04 Å². The van der Waals surface area contributed by atoms with Crippen LogP contribution in [0.25, 0.3) is 0 Å². The molecule has 0 bridgehead atoms. The lowest BCUT2D eigenvalue weighted by molar-refractivity contribution is -0.126. The molecular formula is C17H24N2O3. The van der Waals surface area contributed by atoms with E-state index in [1.165, 1.54) is 0 Å². The van der Waals surface area contributed by atoms with Crippen molar-refractivity contribution in [2.75, 3.05) is 18.1 Å². The lowest BCUT2D eigenvalue weighted by atomic mass is 10.2. The molecule has 1 aliphatic heterocycles. The van der Waals surface area contributed by atoms with Crippen LogP contribution in [0.5, 0.6) is 0 Å². The van der Waals surface area contributed by atoms with Gasteiger partial charge in [0, 0.05) is 31.4 Å². The second kappa shape index (κ2) is 7.94. The monoisotopic (exact) mass is 304 g/mol. The van der Waals surface area contributed by atoms with Crippen molar-refractivity contribution in [1.82, 2.24) is 5.32 Å². The van der Waals surface area contributed by atoms with E-state index < -0.39 is 6.04 Å².